The third-order valence-electron chi connectivity index (χ3n) is 5.53. The van der Waals surface area contributed by atoms with Crippen LogP contribution >= 0.6 is 0 Å². The maximum absolute atomic E-state index is 13.0. The van der Waals surface area contributed by atoms with Crippen LogP contribution in [0.4, 0.5) is 0 Å². The van der Waals surface area contributed by atoms with Crippen molar-refractivity contribution in [3.05, 3.63) is 23.8 Å². The van der Waals surface area contributed by atoms with Crippen LogP contribution in [-0.2, 0) is 14.6 Å². The zero-order valence-corrected chi connectivity index (χ0v) is 17.2. The van der Waals surface area contributed by atoms with Gasteiger partial charge in [-0.05, 0) is 44.4 Å². The maximum atomic E-state index is 13.0. The molecule has 1 aromatic rings. The molecular formula is C20H27NO6S. The van der Waals surface area contributed by atoms with Gasteiger partial charge in [0.15, 0.2) is 33.7 Å². The molecule has 0 radical (unpaired) electrons. The van der Waals surface area contributed by atoms with Crippen molar-refractivity contribution in [3.8, 4) is 11.5 Å². The predicted octanol–water partition coefficient (Wildman–Crippen LogP) is 2.23. The molecule has 0 bridgehead atoms. The number of carbonyl (C=O) groups is 2. The monoisotopic (exact) mass is 409 g/mol. The Balaban J connectivity index is 1.73. The average Bonchev–Trinajstić information content (AvgIpc) is 3.30. The molecule has 7 nitrogen and oxygen atoms in total. The summed E-state index contributed by atoms with van der Waals surface area (Å²) in [6.07, 6.45) is 4.39. The molecule has 1 aliphatic heterocycles. The molecule has 1 saturated heterocycles. The highest BCUT2D eigenvalue weighted by molar-refractivity contribution is 7.91. The topological polar surface area (TPSA) is 90.0 Å². The predicted molar refractivity (Wildman–Crippen MR) is 105 cm³/mol. The van der Waals surface area contributed by atoms with Crippen molar-refractivity contribution in [1.82, 2.24) is 4.90 Å². The SMILES string of the molecule is COc1cc(C(C)=O)ccc1OCC(=O)N(C1CCCC1)[C@H]1CCS(=O)(=O)C1. The van der Waals surface area contributed by atoms with Crippen molar-refractivity contribution in [3.63, 3.8) is 0 Å². The zero-order valence-electron chi connectivity index (χ0n) is 16.3. The Morgan fingerprint density at radius 3 is 2.39 bits per heavy atom. The van der Waals surface area contributed by atoms with Crippen LogP contribution in [0.25, 0.3) is 0 Å². The molecule has 154 valence electrons. The molecule has 2 fully saturated rings. The number of ether oxygens (including phenoxy) is 2. The van der Waals surface area contributed by atoms with Crippen molar-refractivity contribution >= 4 is 21.5 Å². The van der Waals surface area contributed by atoms with Crippen LogP contribution in [0.3, 0.4) is 0 Å². The second-order valence-corrected chi connectivity index (χ2v) is 9.74. The minimum absolute atomic E-state index is 0.0336. The number of benzene rings is 1. The van der Waals surface area contributed by atoms with Gasteiger partial charge < -0.3 is 14.4 Å². The molecule has 1 amide bonds. The molecule has 1 atom stereocenters. The van der Waals surface area contributed by atoms with E-state index in [4.69, 9.17) is 9.47 Å². The number of nitrogens with zero attached hydrogens (tertiary/aromatic N) is 1. The highest BCUT2D eigenvalue weighted by Gasteiger charge is 2.39. The highest BCUT2D eigenvalue weighted by atomic mass is 32.2. The van der Waals surface area contributed by atoms with Gasteiger partial charge in [-0.1, -0.05) is 12.8 Å². The number of hydrogen-bond acceptors (Lipinski definition) is 6. The molecule has 1 aromatic carbocycles. The molecule has 28 heavy (non-hydrogen) atoms. The Morgan fingerprint density at radius 1 is 1.11 bits per heavy atom. The normalized spacial score (nSPS) is 21.4. The van der Waals surface area contributed by atoms with Crippen LogP contribution in [0.15, 0.2) is 18.2 Å². The van der Waals surface area contributed by atoms with E-state index < -0.39 is 9.84 Å². The fraction of sp³-hybridized carbons (Fsp3) is 0.600. The molecule has 1 aliphatic carbocycles. The lowest BCUT2D eigenvalue weighted by molar-refractivity contribution is -0.137. The van der Waals surface area contributed by atoms with Gasteiger partial charge in [0.1, 0.15) is 0 Å². The van der Waals surface area contributed by atoms with Crippen LogP contribution in [0.2, 0.25) is 0 Å². The van der Waals surface area contributed by atoms with Crippen LogP contribution in [0, 0.1) is 0 Å². The van der Waals surface area contributed by atoms with Crippen molar-refractivity contribution in [2.75, 3.05) is 25.2 Å². The first-order chi connectivity index (χ1) is 13.3. The first-order valence-corrected chi connectivity index (χ1v) is 11.5. The number of sulfone groups is 1. The van der Waals surface area contributed by atoms with E-state index in [9.17, 15) is 18.0 Å². The summed E-state index contributed by atoms with van der Waals surface area (Å²) >= 11 is 0. The summed E-state index contributed by atoms with van der Waals surface area (Å²) < 4.78 is 34.8. The first kappa shape index (κ1) is 20.6. The Hall–Kier alpha value is -2.09. The molecule has 2 aliphatic rings. The number of rotatable bonds is 7. The van der Waals surface area contributed by atoms with E-state index in [2.05, 4.69) is 0 Å². The van der Waals surface area contributed by atoms with Crippen LogP contribution < -0.4 is 9.47 Å². The van der Waals surface area contributed by atoms with Crippen LogP contribution in [0.5, 0.6) is 11.5 Å². The number of hydrogen-bond donors (Lipinski definition) is 0. The van der Waals surface area contributed by atoms with Crippen LogP contribution in [0.1, 0.15) is 49.4 Å². The van der Waals surface area contributed by atoms with E-state index in [1.807, 2.05) is 0 Å². The molecular weight excluding hydrogens is 382 g/mol. The van der Waals surface area contributed by atoms with Gasteiger partial charge in [-0.2, -0.15) is 0 Å². The van der Waals surface area contributed by atoms with Gasteiger partial charge in [0.2, 0.25) is 0 Å². The Bertz CT molecular complexity index is 844. The van der Waals surface area contributed by atoms with E-state index in [1.54, 1.807) is 23.1 Å². The molecule has 3 rings (SSSR count). The Morgan fingerprint density at radius 2 is 1.82 bits per heavy atom. The standard InChI is InChI=1S/C20H27NO6S/c1-14(22)15-7-8-18(19(11-15)26-2)27-12-20(23)21(16-5-3-4-6-16)17-9-10-28(24,25)13-17/h7-8,11,16-17H,3-6,9-10,12-13H2,1-2H3/t17-/m0/s1. The third kappa shape index (κ3) is 4.66. The number of methoxy groups -OCH3 is 1. The summed E-state index contributed by atoms with van der Waals surface area (Å²) in [6.45, 7) is 1.27. The van der Waals surface area contributed by atoms with E-state index in [-0.39, 0.29) is 41.9 Å². The third-order valence-corrected chi connectivity index (χ3v) is 7.28. The summed E-state index contributed by atoms with van der Waals surface area (Å²) in [4.78, 5) is 26.3. The van der Waals surface area contributed by atoms with E-state index in [1.165, 1.54) is 14.0 Å². The van der Waals surface area contributed by atoms with Gasteiger partial charge in [-0.15, -0.1) is 0 Å². The van der Waals surface area contributed by atoms with Gasteiger partial charge >= 0.3 is 0 Å². The quantitative estimate of drug-likeness (QED) is 0.642. The Labute approximate surface area is 165 Å². The van der Waals surface area contributed by atoms with Gasteiger partial charge in [0.05, 0.1) is 18.6 Å². The first-order valence-electron chi connectivity index (χ1n) is 9.64. The minimum Gasteiger partial charge on any atom is -0.493 e. The van der Waals surface area contributed by atoms with Gasteiger partial charge in [-0.3, -0.25) is 9.59 Å². The minimum atomic E-state index is -3.08. The van der Waals surface area contributed by atoms with E-state index >= 15 is 0 Å². The molecule has 0 unspecified atom stereocenters. The highest BCUT2D eigenvalue weighted by Crippen LogP contribution is 2.31. The maximum Gasteiger partial charge on any atom is 0.261 e. The smallest absolute Gasteiger partial charge is 0.261 e. The van der Waals surface area contributed by atoms with Crippen molar-refractivity contribution in [2.24, 2.45) is 0 Å². The van der Waals surface area contributed by atoms with Crippen molar-refractivity contribution in [1.29, 1.82) is 0 Å². The molecule has 1 saturated carbocycles. The Kier molecular flexibility index (Phi) is 6.27. The molecule has 8 heteroatoms. The number of carbonyl (C=O) groups excluding carboxylic acids is 2. The molecule has 0 N–H and O–H groups in total. The summed E-state index contributed by atoms with van der Waals surface area (Å²) in [5.41, 5.74) is 0.499. The number of amides is 1. The number of ketones is 1. The summed E-state index contributed by atoms with van der Waals surface area (Å²) in [6, 6.07) is 4.63. The lowest BCUT2D eigenvalue weighted by Crippen LogP contribution is -2.48. The number of Topliss-reactive ketones (excluding diaryl/α,β-unsaturated/α-hetero) is 1. The lowest BCUT2D eigenvalue weighted by Gasteiger charge is -2.34. The average molecular weight is 410 g/mol. The molecule has 1 heterocycles. The van der Waals surface area contributed by atoms with Gasteiger partial charge in [0, 0.05) is 17.6 Å². The van der Waals surface area contributed by atoms with E-state index in [0.29, 0.717) is 23.5 Å². The fourth-order valence-electron chi connectivity index (χ4n) is 4.10. The van der Waals surface area contributed by atoms with E-state index in [0.717, 1.165) is 25.7 Å². The van der Waals surface area contributed by atoms with Crippen molar-refractivity contribution < 1.29 is 27.5 Å². The zero-order chi connectivity index (χ0) is 20.3. The molecule has 0 aromatic heterocycles. The summed E-state index contributed by atoms with van der Waals surface area (Å²) in [5.74, 6) is 0.645. The summed E-state index contributed by atoms with van der Waals surface area (Å²) in [5, 5.41) is 0. The fourth-order valence-corrected chi connectivity index (χ4v) is 5.81. The summed E-state index contributed by atoms with van der Waals surface area (Å²) in [7, 11) is -1.61. The van der Waals surface area contributed by atoms with Crippen LogP contribution in [-0.4, -0.2) is 62.3 Å². The van der Waals surface area contributed by atoms with Crippen molar-refractivity contribution in [2.45, 2.75) is 51.1 Å². The second kappa shape index (κ2) is 8.51. The molecule has 0 spiro atoms. The van der Waals surface area contributed by atoms with Gasteiger partial charge in [-0.25, -0.2) is 8.42 Å². The lowest BCUT2D eigenvalue weighted by atomic mass is 10.1. The van der Waals surface area contributed by atoms with Gasteiger partial charge in [0.25, 0.3) is 5.91 Å². The second-order valence-electron chi connectivity index (χ2n) is 7.51. The largest absolute Gasteiger partial charge is 0.493 e.